The molecule has 0 heterocycles. The summed E-state index contributed by atoms with van der Waals surface area (Å²) in [6.07, 6.45) is 4.65. The van der Waals surface area contributed by atoms with Crippen molar-refractivity contribution in [3.8, 4) is 0 Å². The van der Waals surface area contributed by atoms with Gasteiger partial charge in [0.05, 0.1) is 0 Å². The summed E-state index contributed by atoms with van der Waals surface area (Å²) in [6, 6.07) is 7.75. The predicted octanol–water partition coefficient (Wildman–Crippen LogP) is 2.86. The molecule has 0 spiro atoms. The van der Waals surface area contributed by atoms with Gasteiger partial charge in [0.1, 0.15) is 0 Å². The molecular weight excluding hydrogens is 218 g/mol. The van der Waals surface area contributed by atoms with Gasteiger partial charge in [-0.15, -0.1) is 6.58 Å². The molecule has 16 heavy (non-hydrogen) atoms. The van der Waals surface area contributed by atoms with E-state index in [4.69, 9.17) is 0 Å². The molecule has 0 aromatic heterocycles. The van der Waals surface area contributed by atoms with Gasteiger partial charge in [-0.05, 0) is 30.4 Å². The molecule has 3 heteroatoms. The van der Waals surface area contributed by atoms with Gasteiger partial charge in [-0.3, -0.25) is 4.79 Å². The maximum Gasteiger partial charge on any atom is 0.251 e. The van der Waals surface area contributed by atoms with Crippen molar-refractivity contribution in [3.63, 3.8) is 0 Å². The number of benzene rings is 1. The minimum atomic E-state index is -0.00944. The van der Waals surface area contributed by atoms with Crippen molar-refractivity contribution in [1.29, 1.82) is 0 Å². The van der Waals surface area contributed by atoms with E-state index in [1.54, 1.807) is 17.8 Å². The number of carbonyl (C=O) groups excluding carboxylic acids is 1. The number of carbonyl (C=O) groups is 1. The molecule has 0 unspecified atom stereocenters. The Morgan fingerprint density at radius 2 is 2.38 bits per heavy atom. The van der Waals surface area contributed by atoms with Crippen molar-refractivity contribution >= 4 is 17.7 Å². The molecule has 1 aromatic carbocycles. The van der Waals surface area contributed by atoms with E-state index in [1.165, 1.54) is 5.56 Å². The summed E-state index contributed by atoms with van der Waals surface area (Å²) in [7, 11) is 0. The fourth-order valence-corrected chi connectivity index (χ4v) is 1.87. The van der Waals surface area contributed by atoms with Crippen molar-refractivity contribution in [3.05, 3.63) is 48.0 Å². The topological polar surface area (TPSA) is 29.1 Å². The van der Waals surface area contributed by atoms with Crippen LogP contribution in [0, 0.1) is 0 Å². The fraction of sp³-hybridized carbons (Fsp3) is 0.308. The van der Waals surface area contributed by atoms with Crippen molar-refractivity contribution in [2.75, 3.05) is 12.8 Å². The van der Waals surface area contributed by atoms with Crippen molar-refractivity contribution < 1.29 is 4.79 Å². The zero-order valence-corrected chi connectivity index (χ0v) is 10.3. The normalized spacial score (nSPS) is 9.81. The Morgan fingerprint density at radius 1 is 1.56 bits per heavy atom. The molecular formula is C13H17NOS. The average molecular weight is 235 g/mol. The van der Waals surface area contributed by atoms with E-state index >= 15 is 0 Å². The first-order valence-corrected chi connectivity index (χ1v) is 6.64. The van der Waals surface area contributed by atoms with Crippen LogP contribution in [0.15, 0.2) is 36.9 Å². The van der Waals surface area contributed by atoms with Crippen LogP contribution >= 0.6 is 11.8 Å². The standard InChI is InChI=1S/C13H17NOS/c1-3-4-8-14-13(15)12-7-5-6-11(9-12)10-16-2/h3,5-7,9H,1,4,8,10H2,2H3,(H,14,15). The Hall–Kier alpha value is -1.22. The molecule has 1 rings (SSSR count). The van der Waals surface area contributed by atoms with E-state index in [0.717, 1.165) is 17.7 Å². The number of hydrogen-bond donors (Lipinski definition) is 1. The lowest BCUT2D eigenvalue weighted by Crippen LogP contribution is -2.24. The molecule has 86 valence electrons. The van der Waals surface area contributed by atoms with Crippen LogP contribution in [-0.2, 0) is 5.75 Å². The monoisotopic (exact) mass is 235 g/mol. The first kappa shape index (κ1) is 12.8. The van der Waals surface area contributed by atoms with Crippen LogP contribution < -0.4 is 5.32 Å². The van der Waals surface area contributed by atoms with E-state index in [-0.39, 0.29) is 5.91 Å². The van der Waals surface area contributed by atoms with Crippen LogP contribution in [0.1, 0.15) is 22.3 Å². The minimum absolute atomic E-state index is 0.00944. The maximum atomic E-state index is 11.7. The first-order valence-electron chi connectivity index (χ1n) is 5.25. The zero-order chi connectivity index (χ0) is 11.8. The number of nitrogens with one attached hydrogen (secondary N) is 1. The van der Waals surface area contributed by atoms with Crippen LogP contribution in [0.4, 0.5) is 0 Å². The van der Waals surface area contributed by atoms with Crippen LogP contribution in [0.2, 0.25) is 0 Å². The summed E-state index contributed by atoms with van der Waals surface area (Å²) < 4.78 is 0. The lowest BCUT2D eigenvalue weighted by atomic mass is 10.1. The molecule has 0 aliphatic heterocycles. The van der Waals surface area contributed by atoms with Gasteiger partial charge in [0, 0.05) is 17.9 Å². The largest absolute Gasteiger partial charge is 0.352 e. The highest BCUT2D eigenvalue weighted by Crippen LogP contribution is 2.11. The minimum Gasteiger partial charge on any atom is -0.352 e. The average Bonchev–Trinajstić information content (AvgIpc) is 2.30. The van der Waals surface area contributed by atoms with Crippen molar-refractivity contribution in [2.24, 2.45) is 0 Å². The molecule has 2 nitrogen and oxygen atoms in total. The van der Waals surface area contributed by atoms with Gasteiger partial charge in [0.2, 0.25) is 0 Å². The Labute approximate surface area is 101 Å². The van der Waals surface area contributed by atoms with Gasteiger partial charge < -0.3 is 5.32 Å². The van der Waals surface area contributed by atoms with Crippen molar-refractivity contribution in [1.82, 2.24) is 5.32 Å². The number of amides is 1. The van der Waals surface area contributed by atoms with E-state index < -0.39 is 0 Å². The Bertz CT molecular complexity index is 363. The van der Waals surface area contributed by atoms with Gasteiger partial charge in [0.25, 0.3) is 5.91 Å². The maximum absolute atomic E-state index is 11.7. The van der Waals surface area contributed by atoms with Gasteiger partial charge >= 0.3 is 0 Å². The lowest BCUT2D eigenvalue weighted by Gasteiger charge is -2.05. The number of hydrogen-bond acceptors (Lipinski definition) is 2. The van der Waals surface area contributed by atoms with E-state index in [2.05, 4.69) is 18.2 Å². The number of thioether (sulfide) groups is 1. The second kappa shape index (κ2) is 7.12. The third-order valence-electron chi connectivity index (χ3n) is 2.13. The Balaban J connectivity index is 2.60. The van der Waals surface area contributed by atoms with Crippen LogP contribution in [-0.4, -0.2) is 18.7 Å². The molecule has 1 amide bonds. The molecule has 0 fully saturated rings. The van der Waals surface area contributed by atoms with Crippen LogP contribution in [0.5, 0.6) is 0 Å². The molecule has 0 bridgehead atoms. The fourth-order valence-electron chi connectivity index (χ4n) is 1.36. The first-order chi connectivity index (χ1) is 7.77. The highest BCUT2D eigenvalue weighted by atomic mass is 32.2. The van der Waals surface area contributed by atoms with Gasteiger partial charge in [-0.25, -0.2) is 0 Å². The predicted molar refractivity (Wildman–Crippen MR) is 70.8 cm³/mol. The molecule has 0 saturated heterocycles. The smallest absolute Gasteiger partial charge is 0.251 e. The van der Waals surface area contributed by atoms with Crippen molar-refractivity contribution in [2.45, 2.75) is 12.2 Å². The van der Waals surface area contributed by atoms with Crippen LogP contribution in [0.3, 0.4) is 0 Å². The Kier molecular flexibility index (Phi) is 5.72. The summed E-state index contributed by atoms with van der Waals surface area (Å²) in [4.78, 5) is 11.7. The highest BCUT2D eigenvalue weighted by molar-refractivity contribution is 7.97. The zero-order valence-electron chi connectivity index (χ0n) is 9.53. The molecule has 0 radical (unpaired) electrons. The summed E-state index contributed by atoms with van der Waals surface area (Å²) in [5, 5.41) is 2.85. The third kappa shape index (κ3) is 4.11. The molecule has 1 N–H and O–H groups in total. The molecule has 0 saturated carbocycles. The van der Waals surface area contributed by atoms with Gasteiger partial charge in [0.15, 0.2) is 0 Å². The summed E-state index contributed by atoms with van der Waals surface area (Å²) in [6.45, 7) is 4.26. The van der Waals surface area contributed by atoms with Crippen LogP contribution in [0.25, 0.3) is 0 Å². The SMILES string of the molecule is C=CCCNC(=O)c1cccc(CSC)c1. The molecule has 0 aliphatic carbocycles. The summed E-state index contributed by atoms with van der Waals surface area (Å²) in [5.41, 5.74) is 1.92. The molecule has 0 aliphatic rings. The summed E-state index contributed by atoms with van der Waals surface area (Å²) in [5.74, 6) is 0.929. The quantitative estimate of drug-likeness (QED) is 0.607. The van der Waals surface area contributed by atoms with Gasteiger partial charge in [-0.1, -0.05) is 18.2 Å². The van der Waals surface area contributed by atoms with Gasteiger partial charge in [-0.2, -0.15) is 11.8 Å². The number of rotatable bonds is 6. The molecule has 0 atom stereocenters. The second-order valence-electron chi connectivity index (χ2n) is 3.47. The van der Waals surface area contributed by atoms with E-state index in [0.29, 0.717) is 6.54 Å². The highest BCUT2D eigenvalue weighted by Gasteiger charge is 2.04. The molecule has 1 aromatic rings. The van der Waals surface area contributed by atoms with E-state index in [1.807, 2.05) is 24.3 Å². The van der Waals surface area contributed by atoms with E-state index in [9.17, 15) is 4.79 Å². The second-order valence-corrected chi connectivity index (χ2v) is 4.33. The lowest BCUT2D eigenvalue weighted by molar-refractivity contribution is 0.0954. The Morgan fingerprint density at radius 3 is 3.06 bits per heavy atom. The summed E-state index contributed by atoms with van der Waals surface area (Å²) >= 11 is 1.75. The third-order valence-corrected chi connectivity index (χ3v) is 2.76.